The first-order chi connectivity index (χ1) is 34.9. The summed E-state index contributed by atoms with van der Waals surface area (Å²) in [6, 6.07) is 4.67. The summed E-state index contributed by atoms with van der Waals surface area (Å²) in [4.78, 5) is 135. The number of carboxylic acids is 1. The van der Waals surface area contributed by atoms with Gasteiger partial charge in [-0.15, -0.1) is 0 Å². The zero-order valence-electron chi connectivity index (χ0n) is 43.2. The minimum Gasteiger partial charge on any atom is -0.508 e. The Labute approximate surface area is 431 Å². The highest BCUT2D eigenvalue weighted by atomic mass is 16.4. The van der Waals surface area contributed by atoms with Crippen LogP contribution in [0.3, 0.4) is 0 Å². The monoisotopic (exact) mass is 1040 g/mol. The van der Waals surface area contributed by atoms with Gasteiger partial charge in [0.25, 0.3) is 0 Å². The number of amides is 9. The van der Waals surface area contributed by atoms with E-state index in [0.29, 0.717) is 30.4 Å². The first-order valence-corrected chi connectivity index (χ1v) is 25.0. The number of aliphatic hydroxyl groups is 1. The molecule has 14 N–H and O–H groups in total. The predicted molar refractivity (Wildman–Crippen MR) is 271 cm³/mol. The SMILES string of the molecule is CCC(C)C(NC(=O)C(NC(=O)C(Cc1ccccc1)NC(=O)C1CCCN1C(=O)C(N)Cc1ccc(O)cc1)C(C)O)C(=O)NC(C(=O)NCC(=O)NC(CCC(N)=O)C(=O)NC(C(=O)O)C(C)C)C(C)CC. The fourth-order valence-electron chi connectivity index (χ4n) is 8.21. The molecule has 0 radical (unpaired) electrons. The number of likely N-dealkylation sites (tertiary alicyclic amines) is 1. The fraction of sp³-hybridized carbons (Fsp3) is 0.569. The second kappa shape index (κ2) is 29.5. The Bertz CT molecular complexity index is 2260. The average molecular weight is 1040 g/mol. The molecule has 74 heavy (non-hydrogen) atoms. The molecule has 1 saturated heterocycles. The van der Waals surface area contributed by atoms with Gasteiger partial charge in [0.15, 0.2) is 0 Å². The van der Waals surface area contributed by atoms with Crippen LogP contribution in [0, 0.1) is 17.8 Å². The van der Waals surface area contributed by atoms with E-state index in [1.807, 2.05) is 0 Å². The highest BCUT2D eigenvalue weighted by Crippen LogP contribution is 2.21. The Morgan fingerprint density at radius 2 is 1.19 bits per heavy atom. The first kappa shape index (κ1) is 61.2. The molecule has 11 atom stereocenters. The molecule has 2 aromatic carbocycles. The van der Waals surface area contributed by atoms with Crippen molar-refractivity contribution in [3.05, 3.63) is 65.7 Å². The number of phenolic OH excluding ortho intramolecular Hbond substituents is 1. The highest BCUT2D eigenvalue weighted by Gasteiger charge is 2.40. The Kier molecular flexibility index (Phi) is 24.4. The van der Waals surface area contributed by atoms with Crippen molar-refractivity contribution in [3.63, 3.8) is 0 Å². The number of nitrogens with one attached hydrogen (secondary N) is 7. The second-order valence-electron chi connectivity index (χ2n) is 19.3. The Hall–Kier alpha value is -7.14. The molecule has 2 aromatic rings. The molecule has 3 rings (SSSR count). The molecular weight excluding hydrogens is 961 g/mol. The molecule has 0 saturated carbocycles. The highest BCUT2D eigenvalue weighted by molar-refractivity contribution is 5.98. The van der Waals surface area contributed by atoms with Crippen LogP contribution in [0.5, 0.6) is 5.75 Å². The first-order valence-electron chi connectivity index (χ1n) is 25.0. The van der Waals surface area contributed by atoms with Gasteiger partial charge in [-0.05, 0) is 73.6 Å². The molecule has 1 fully saturated rings. The van der Waals surface area contributed by atoms with Gasteiger partial charge in [0.05, 0.1) is 18.7 Å². The van der Waals surface area contributed by atoms with Crippen LogP contribution in [-0.4, -0.2) is 147 Å². The molecule has 1 heterocycles. The summed E-state index contributed by atoms with van der Waals surface area (Å²) in [5, 5.41) is 47.9. The van der Waals surface area contributed by atoms with Gasteiger partial charge < -0.3 is 68.9 Å². The number of aliphatic carboxylic acids is 1. The molecule has 9 amide bonds. The van der Waals surface area contributed by atoms with Gasteiger partial charge in [0, 0.05) is 19.4 Å². The van der Waals surface area contributed by atoms with Gasteiger partial charge >= 0.3 is 5.97 Å². The van der Waals surface area contributed by atoms with Crippen LogP contribution in [-0.2, 0) is 60.8 Å². The molecule has 0 aromatic heterocycles. The van der Waals surface area contributed by atoms with E-state index >= 15 is 0 Å². The summed E-state index contributed by atoms with van der Waals surface area (Å²) in [6.07, 6.45) is -0.571. The van der Waals surface area contributed by atoms with E-state index in [1.54, 1.807) is 84.0 Å². The third-order valence-corrected chi connectivity index (χ3v) is 13.1. The van der Waals surface area contributed by atoms with Crippen LogP contribution in [0.1, 0.15) is 98.1 Å². The van der Waals surface area contributed by atoms with Crippen molar-refractivity contribution >= 4 is 59.1 Å². The molecule has 0 aliphatic carbocycles. The smallest absolute Gasteiger partial charge is 0.326 e. The van der Waals surface area contributed by atoms with Gasteiger partial charge in [-0.3, -0.25) is 43.2 Å². The number of carbonyl (C=O) groups excluding carboxylic acids is 9. The van der Waals surface area contributed by atoms with E-state index in [-0.39, 0.29) is 44.4 Å². The molecule has 23 nitrogen and oxygen atoms in total. The predicted octanol–water partition coefficient (Wildman–Crippen LogP) is -1.00. The molecular formula is C51H76N10O13. The van der Waals surface area contributed by atoms with E-state index in [4.69, 9.17) is 11.5 Å². The Morgan fingerprint density at radius 3 is 1.73 bits per heavy atom. The van der Waals surface area contributed by atoms with E-state index in [9.17, 15) is 63.3 Å². The maximum Gasteiger partial charge on any atom is 0.326 e. The van der Waals surface area contributed by atoms with Crippen molar-refractivity contribution in [2.24, 2.45) is 29.2 Å². The van der Waals surface area contributed by atoms with Gasteiger partial charge in [-0.2, -0.15) is 0 Å². The topological polar surface area (TPSA) is 371 Å². The summed E-state index contributed by atoms with van der Waals surface area (Å²) in [5.41, 5.74) is 12.9. The quantitative estimate of drug-likeness (QED) is 0.0465. The van der Waals surface area contributed by atoms with Crippen molar-refractivity contribution in [2.45, 2.75) is 154 Å². The van der Waals surface area contributed by atoms with Crippen molar-refractivity contribution in [2.75, 3.05) is 13.1 Å². The molecule has 1 aliphatic rings. The van der Waals surface area contributed by atoms with Crippen molar-refractivity contribution in [1.29, 1.82) is 0 Å². The van der Waals surface area contributed by atoms with Gasteiger partial charge in [-0.1, -0.05) is 96.8 Å². The van der Waals surface area contributed by atoms with Crippen LogP contribution in [0.4, 0.5) is 0 Å². The number of nitrogens with zero attached hydrogens (tertiary/aromatic N) is 1. The lowest BCUT2D eigenvalue weighted by Crippen LogP contribution is -2.63. The van der Waals surface area contributed by atoms with Crippen LogP contribution in [0.2, 0.25) is 0 Å². The summed E-state index contributed by atoms with van der Waals surface area (Å²) in [6.45, 7) is 10.8. The zero-order chi connectivity index (χ0) is 55.4. The maximum absolute atomic E-state index is 14.2. The van der Waals surface area contributed by atoms with Crippen LogP contribution in [0.25, 0.3) is 0 Å². The lowest BCUT2D eigenvalue weighted by atomic mass is 9.94. The van der Waals surface area contributed by atoms with E-state index in [0.717, 1.165) is 0 Å². The number of benzene rings is 2. The number of nitrogens with two attached hydrogens (primary N) is 2. The molecule has 408 valence electrons. The summed E-state index contributed by atoms with van der Waals surface area (Å²) in [5.74, 6) is -10.00. The lowest BCUT2D eigenvalue weighted by Gasteiger charge is -2.31. The van der Waals surface area contributed by atoms with E-state index in [1.165, 1.54) is 24.0 Å². The Balaban J connectivity index is 1.77. The number of hydrogen-bond donors (Lipinski definition) is 12. The number of primary amides is 1. The minimum atomic E-state index is -1.67. The molecule has 0 bridgehead atoms. The van der Waals surface area contributed by atoms with E-state index in [2.05, 4.69) is 37.2 Å². The largest absolute Gasteiger partial charge is 0.508 e. The van der Waals surface area contributed by atoms with Gasteiger partial charge in [-0.25, -0.2) is 4.79 Å². The summed E-state index contributed by atoms with van der Waals surface area (Å²) < 4.78 is 0. The number of hydrogen-bond acceptors (Lipinski definition) is 13. The third-order valence-electron chi connectivity index (χ3n) is 13.1. The van der Waals surface area contributed by atoms with Crippen LogP contribution < -0.4 is 48.7 Å². The van der Waals surface area contributed by atoms with Crippen molar-refractivity contribution < 1.29 is 63.3 Å². The fourth-order valence-corrected chi connectivity index (χ4v) is 8.21. The zero-order valence-corrected chi connectivity index (χ0v) is 43.2. The maximum atomic E-state index is 14.2. The van der Waals surface area contributed by atoms with Gasteiger partial charge in [0.2, 0.25) is 53.2 Å². The normalized spacial score (nSPS) is 17.3. The number of rotatable bonds is 29. The number of carbonyl (C=O) groups is 10. The standard InChI is InChI=1S/C51H76N10O13/c1-8-28(5)41(47(69)54-26-39(65)55-35(21-22-38(53)64)44(66)57-40(27(3)4)51(73)74)58-48(70)42(29(6)9-2)59-49(71)43(30(7)62)60-45(67)36(25-31-14-11-10-12-15-31)56-46(68)37-16-13-23-61(37)50(72)34(52)24-32-17-19-33(63)20-18-32/h10-12,14-15,17-20,27-30,34-37,40-43,62-63H,8-9,13,16,21-26,52H2,1-7H3,(H2,53,64)(H,54,69)(H,55,65)(H,56,68)(H,57,66)(H,58,70)(H,59,71)(H,60,67)(H,73,74). The van der Waals surface area contributed by atoms with Crippen LogP contribution >= 0.6 is 0 Å². The Morgan fingerprint density at radius 1 is 0.662 bits per heavy atom. The minimum absolute atomic E-state index is 0.0526. The van der Waals surface area contributed by atoms with Crippen molar-refractivity contribution in [3.8, 4) is 5.75 Å². The number of carboxylic acid groups (broad SMARTS) is 1. The molecule has 1 aliphatic heterocycles. The van der Waals surface area contributed by atoms with E-state index < -0.39 is 138 Å². The summed E-state index contributed by atoms with van der Waals surface area (Å²) in [7, 11) is 0. The number of phenols is 1. The second-order valence-corrected chi connectivity index (χ2v) is 19.3. The molecule has 0 spiro atoms. The van der Waals surface area contributed by atoms with Crippen LogP contribution in [0.15, 0.2) is 54.6 Å². The molecule has 23 heteroatoms. The van der Waals surface area contributed by atoms with Gasteiger partial charge in [0.1, 0.15) is 48.0 Å². The molecule has 11 unspecified atom stereocenters. The average Bonchev–Trinajstić information content (AvgIpc) is 3.86. The lowest BCUT2D eigenvalue weighted by molar-refractivity contribution is -0.143. The van der Waals surface area contributed by atoms with Crippen molar-refractivity contribution in [1.82, 2.24) is 42.1 Å². The number of aromatic hydroxyl groups is 1. The number of aliphatic hydroxyl groups excluding tert-OH is 1. The summed E-state index contributed by atoms with van der Waals surface area (Å²) >= 11 is 0. The third kappa shape index (κ3) is 18.7.